The minimum absolute atomic E-state index is 0.0526. The summed E-state index contributed by atoms with van der Waals surface area (Å²) in [5.74, 6) is -2.26. The molecule has 40 heavy (non-hydrogen) atoms. The lowest BCUT2D eigenvalue weighted by Gasteiger charge is -2.32. The Labute approximate surface area is 228 Å². The van der Waals surface area contributed by atoms with Crippen LogP contribution in [-0.4, -0.2) is 32.3 Å². The van der Waals surface area contributed by atoms with Gasteiger partial charge in [0.1, 0.15) is 11.4 Å². The Morgan fingerprint density at radius 1 is 0.975 bits per heavy atom. The molecule has 3 aliphatic rings. The summed E-state index contributed by atoms with van der Waals surface area (Å²) in [7, 11) is 0. The molecule has 0 bridgehead atoms. The van der Waals surface area contributed by atoms with E-state index < -0.39 is 40.2 Å². The largest absolute Gasteiger partial charge is 0.296 e. The van der Waals surface area contributed by atoms with Crippen LogP contribution in [0.2, 0.25) is 0 Å². The van der Waals surface area contributed by atoms with Gasteiger partial charge in [-0.15, -0.1) is 0 Å². The van der Waals surface area contributed by atoms with Crippen molar-refractivity contribution in [2.45, 2.75) is 32.4 Å². The van der Waals surface area contributed by atoms with Gasteiger partial charge in [-0.05, 0) is 36.6 Å². The molecule has 2 amide bonds. The van der Waals surface area contributed by atoms with Crippen LogP contribution >= 0.6 is 0 Å². The third kappa shape index (κ3) is 2.91. The van der Waals surface area contributed by atoms with Gasteiger partial charge in [0.25, 0.3) is 11.2 Å². The number of nitro benzene ring substituents is 1. The Bertz CT molecular complexity index is 1860. The van der Waals surface area contributed by atoms with Crippen molar-refractivity contribution < 1.29 is 14.5 Å². The number of nitro groups is 1. The zero-order valence-corrected chi connectivity index (χ0v) is 22.0. The fourth-order valence-corrected chi connectivity index (χ4v) is 6.91. The molecular weight excluding hydrogens is 510 g/mol. The molecule has 1 N–H and O–H groups in total. The SMILES string of the molecule is Cc1ccc([N+](=O)[O-])cc1N1C(=O)C2C(C(C)C)NC3(c4ccccc4-n4c3nc3ccccc3c4=O)C2C1=O. The Morgan fingerprint density at radius 2 is 1.70 bits per heavy atom. The van der Waals surface area contributed by atoms with E-state index in [4.69, 9.17) is 4.98 Å². The number of nitrogens with zero attached hydrogens (tertiary/aromatic N) is 4. The van der Waals surface area contributed by atoms with Crippen LogP contribution in [0.3, 0.4) is 0 Å². The lowest BCUT2D eigenvalue weighted by Crippen LogP contribution is -2.51. The summed E-state index contributed by atoms with van der Waals surface area (Å²) in [6.45, 7) is 5.68. The zero-order valence-electron chi connectivity index (χ0n) is 22.0. The Hall–Kier alpha value is -4.70. The number of carbonyl (C=O) groups excluding carboxylic acids is 2. The van der Waals surface area contributed by atoms with Crippen LogP contribution in [0.1, 0.15) is 30.8 Å². The molecular formula is C30H25N5O5. The highest BCUT2D eigenvalue weighted by Gasteiger charge is 2.70. The molecule has 0 saturated carbocycles. The van der Waals surface area contributed by atoms with E-state index in [2.05, 4.69) is 5.32 Å². The van der Waals surface area contributed by atoms with Gasteiger partial charge in [-0.1, -0.05) is 50.2 Å². The van der Waals surface area contributed by atoms with Gasteiger partial charge in [-0.3, -0.25) is 34.4 Å². The van der Waals surface area contributed by atoms with Crippen molar-refractivity contribution in [1.82, 2.24) is 14.9 Å². The van der Waals surface area contributed by atoms with Crippen molar-refractivity contribution >= 4 is 34.1 Å². The molecule has 2 saturated heterocycles. The van der Waals surface area contributed by atoms with Crippen molar-refractivity contribution in [3.63, 3.8) is 0 Å². The van der Waals surface area contributed by atoms with Gasteiger partial charge < -0.3 is 0 Å². The number of hydrogen-bond acceptors (Lipinski definition) is 7. The van der Waals surface area contributed by atoms with Crippen LogP contribution in [-0.2, 0) is 15.1 Å². The van der Waals surface area contributed by atoms with E-state index >= 15 is 0 Å². The van der Waals surface area contributed by atoms with Crippen molar-refractivity contribution in [3.8, 4) is 5.69 Å². The molecule has 4 heterocycles. The minimum Gasteiger partial charge on any atom is -0.296 e. The zero-order chi connectivity index (χ0) is 28.1. The van der Waals surface area contributed by atoms with E-state index in [0.29, 0.717) is 33.5 Å². The van der Waals surface area contributed by atoms with Gasteiger partial charge in [-0.2, -0.15) is 0 Å². The number of anilines is 1. The predicted octanol–water partition coefficient (Wildman–Crippen LogP) is 3.59. The van der Waals surface area contributed by atoms with Crippen LogP contribution in [0.5, 0.6) is 0 Å². The molecule has 4 aromatic rings. The van der Waals surface area contributed by atoms with Crippen molar-refractivity contribution in [3.05, 3.63) is 104 Å². The highest BCUT2D eigenvalue weighted by molar-refractivity contribution is 6.23. The summed E-state index contributed by atoms with van der Waals surface area (Å²) >= 11 is 0. The average Bonchev–Trinajstić information content (AvgIpc) is 3.53. The van der Waals surface area contributed by atoms with Gasteiger partial charge in [0, 0.05) is 23.7 Å². The molecule has 10 nitrogen and oxygen atoms in total. The summed E-state index contributed by atoms with van der Waals surface area (Å²) in [5.41, 5.74) is 0.876. The summed E-state index contributed by atoms with van der Waals surface area (Å²) in [6, 6.07) is 18.2. The lowest BCUT2D eigenvalue weighted by molar-refractivity contribution is -0.384. The quantitative estimate of drug-likeness (QED) is 0.241. The second-order valence-electron chi connectivity index (χ2n) is 11.1. The maximum atomic E-state index is 14.5. The molecule has 7 rings (SSSR count). The van der Waals surface area contributed by atoms with Gasteiger partial charge in [0.2, 0.25) is 11.8 Å². The van der Waals surface area contributed by atoms with Crippen LogP contribution < -0.4 is 15.8 Å². The number of aryl methyl sites for hydroxylation is 1. The highest BCUT2D eigenvalue weighted by atomic mass is 16.6. The average molecular weight is 536 g/mol. The second kappa shape index (κ2) is 8.15. The molecule has 0 radical (unpaired) electrons. The smallest absolute Gasteiger partial charge is 0.271 e. The Morgan fingerprint density at radius 3 is 2.45 bits per heavy atom. The van der Waals surface area contributed by atoms with Crippen molar-refractivity contribution in [2.75, 3.05) is 4.90 Å². The Balaban J connectivity index is 1.52. The fourth-order valence-electron chi connectivity index (χ4n) is 6.91. The summed E-state index contributed by atoms with van der Waals surface area (Å²) in [5, 5.41) is 15.7. The number of imide groups is 1. The first kappa shape index (κ1) is 24.3. The van der Waals surface area contributed by atoms with E-state index in [1.165, 1.54) is 12.1 Å². The minimum atomic E-state index is -1.25. The molecule has 1 aromatic heterocycles. The molecule has 200 valence electrons. The van der Waals surface area contributed by atoms with Gasteiger partial charge in [0.05, 0.1) is 39.0 Å². The number of amides is 2. The number of aromatic nitrogens is 2. The molecule has 3 aromatic carbocycles. The number of benzene rings is 3. The number of non-ortho nitro benzene ring substituents is 1. The number of fused-ring (bicyclic) bond motifs is 8. The number of para-hydroxylation sites is 2. The van der Waals surface area contributed by atoms with E-state index in [9.17, 15) is 24.5 Å². The van der Waals surface area contributed by atoms with Crippen molar-refractivity contribution in [1.29, 1.82) is 0 Å². The van der Waals surface area contributed by atoms with Gasteiger partial charge in [0.15, 0.2) is 0 Å². The monoisotopic (exact) mass is 535 g/mol. The Kier molecular flexibility index (Phi) is 4.96. The van der Waals surface area contributed by atoms with Gasteiger partial charge in [-0.25, -0.2) is 9.88 Å². The summed E-state index contributed by atoms with van der Waals surface area (Å²) < 4.78 is 1.56. The maximum Gasteiger partial charge on any atom is 0.271 e. The van der Waals surface area contributed by atoms with Gasteiger partial charge >= 0.3 is 0 Å². The lowest BCUT2D eigenvalue weighted by atomic mass is 9.75. The van der Waals surface area contributed by atoms with E-state index in [-0.39, 0.29) is 22.9 Å². The molecule has 10 heteroatoms. The normalized spacial score (nSPS) is 24.7. The molecule has 4 unspecified atom stereocenters. The van der Waals surface area contributed by atoms with Crippen LogP contribution in [0.15, 0.2) is 71.5 Å². The molecule has 0 aliphatic carbocycles. The maximum absolute atomic E-state index is 14.5. The third-order valence-electron chi connectivity index (χ3n) is 8.66. The molecule has 4 atom stereocenters. The van der Waals surface area contributed by atoms with E-state index in [0.717, 1.165) is 4.90 Å². The molecule has 2 fully saturated rings. The van der Waals surface area contributed by atoms with Crippen LogP contribution in [0, 0.1) is 34.8 Å². The first-order chi connectivity index (χ1) is 19.2. The van der Waals surface area contributed by atoms with Crippen LogP contribution in [0.25, 0.3) is 16.6 Å². The van der Waals surface area contributed by atoms with Crippen LogP contribution in [0.4, 0.5) is 11.4 Å². The molecule has 1 spiro atoms. The number of nitrogens with one attached hydrogen (secondary N) is 1. The molecule has 3 aliphatic heterocycles. The first-order valence-corrected chi connectivity index (χ1v) is 13.2. The summed E-state index contributed by atoms with van der Waals surface area (Å²) in [4.78, 5) is 59.7. The number of rotatable bonds is 3. The highest BCUT2D eigenvalue weighted by Crippen LogP contribution is 2.56. The van der Waals surface area contributed by atoms with Crippen molar-refractivity contribution in [2.24, 2.45) is 17.8 Å². The second-order valence-corrected chi connectivity index (χ2v) is 11.1. The van der Waals surface area contributed by atoms with E-state index in [1.54, 1.807) is 41.8 Å². The topological polar surface area (TPSA) is 127 Å². The van der Waals surface area contributed by atoms with E-state index in [1.807, 2.05) is 38.1 Å². The third-order valence-corrected chi connectivity index (χ3v) is 8.66. The standard InChI is InChI=1S/C30H25N5O5/c1-15(2)25-23-24(28(38)33(27(23)37)22-14-17(35(39)40)13-12-16(22)3)30(32-25)19-9-5-7-11-21(19)34-26(36)18-8-4-6-10-20(18)31-29(30)34/h4-15,23-25,32H,1-3H3. The number of hydrogen-bond donors (Lipinski definition) is 1. The predicted molar refractivity (Wildman–Crippen MR) is 147 cm³/mol. The number of carbonyl (C=O) groups is 2. The summed E-state index contributed by atoms with van der Waals surface area (Å²) in [6.07, 6.45) is 0. The fraction of sp³-hybridized carbons (Fsp3) is 0.267. The first-order valence-electron chi connectivity index (χ1n) is 13.2.